The van der Waals surface area contributed by atoms with Crippen molar-refractivity contribution in [3.05, 3.63) is 58.6 Å². The lowest BCUT2D eigenvalue weighted by molar-refractivity contribution is -0.159. The molecule has 4 aromatic rings. The number of pyridine rings is 2. The van der Waals surface area contributed by atoms with Crippen molar-refractivity contribution in [3.63, 3.8) is 0 Å². The summed E-state index contributed by atoms with van der Waals surface area (Å²) in [4.78, 5) is 19.7. The number of hydrogen-bond acceptors (Lipinski definition) is 6. The molecule has 0 radical (unpaired) electrons. The van der Waals surface area contributed by atoms with Gasteiger partial charge in [-0.25, -0.2) is 4.98 Å². The second kappa shape index (κ2) is 5.79. The second-order valence-electron chi connectivity index (χ2n) is 5.37. The number of alkyl halides is 3. The number of hydrogen-bond donors (Lipinski definition) is 1. The highest BCUT2D eigenvalue weighted by Crippen LogP contribution is 2.29. The van der Waals surface area contributed by atoms with E-state index in [1.54, 1.807) is 12.3 Å². The van der Waals surface area contributed by atoms with Crippen molar-refractivity contribution in [2.45, 2.75) is 12.7 Å². The van der Waals surface area contributed by atoms with Crippen LogP contribution in [0.3, 0.4) is 0 Å². The Labute approximate surface area is 142 Å². The van der Waals surface area contributed by atoms with E-state index < -0.39 is 17.6 Å². The van der Waals surface area contributed by atoms with Gasteiger partial charge in [0.05, 0.1) is 12.2 Å². The fraction of sp³-hybridized carbons (Fsp3) is 0.133. The number of H-pyrrole nitrogens is 1. The van der Waals surface area contributed by atoms with Gasteiger partial charge < -0.3 is 9.09 Å². The molecular weight excluding hydrogens is 353 g/mol. The van der Waals surface area contributed by atoms with E-state index in [4.69, 9.17) is 0 Å². The molecule has 132 valence electrons. The maximum absolute atomic E-state index is 12.5. The highest BCUT2D eigenvalue weighted by molar-refractivity contribution is 5.77. The molecule has 4 heterocycles. The van der Waals surface area contributed by atoms with Gasteiger partial charge >= 0.3 is 12.1 Å². The first kappa shape index (κ1) is 16.0. The van der Waals surface area contributed by atoms with Gasteiger partial charge in [-0.3, -0.25) is 9.89 Å². The lowest BCUT2D eigenvalue weighted by Crippen LogP contribution is -2.19. The van der Waals surface area contributed by atoms with Gasteiger partial charge in [0.25, 0.3) is 5.56 Å². The minimum Gasteiger partial charge on any atom is -0.329 e. The molecule has 26 heavy (non-hydrogen) atoms. The SMILES string of the molecule is O=c1cc(-c2noc(C(F)(F)F)n2)ccn1Cc1n[nH]c2ncccc12. The predicted molar refractivity (Wildman–Crippen MR) is 82.0 cm³/mol. The van der Waals surface area contributed by atoms with Crippen LogP contribution in [-0.2, 0) is 12.7 Å². The summed E-state index contributed by atoms with van der Waals surface area (Å²) in [6, 6.07) is 6.14. The normalized spacial score (nSPS) is 12.0. The zero-order valence-electron chi connectivity index (χ0n) is 12.9. The van der Waals surface area contributed by atoms with Crippen molar-refractivity contribution >= 4 is 11.0 Å². The van der Waals surface area contributed by atoms with Gasteiger partial charge in [-0.05, 0) is 18.2 Å². The van der Waals surface area contributed by atoms with E-state index in [1.807, 2.05) is 6.07 Å². The highest BCUT2D eigenvalue weighted by atomic mass is 19.4. The zero-order chi connectivity index (χ0) is 18.3. The molecule has 0 aliphatic carbocycles. The van der Waals surface area contributed by atoms with E-state index in [9.17, 15) is 18.0 Å². The van der Waals surface area contributed by atoms with Crippen LogP contribution in [0.5, 0.6) is 0 Å². The van der Waals surface area contributed by atoms with Crippen LogP contribution in [0.1, 0.15) is 11.6 Å². The topological polar surface area (TPSA) is 102 Å². The van der Waals surface area contributed by atoms with Crippen molar-refractivity contribution in [3.8, 4) is 11.4 Å². The minimum absolute atomic E-state index is 0.124. The molecule has 0 saturated heterocycles. The van der Waals surface area contributed by atoms with Gasteiger partial charge in [0, 0.05) is 29.4 Å². The molecule has 4 aromatic heterocycles. The summed E-state index contributed by atoms with van der Waals surface area (Å²) in [5.41, 5.74) is 0.889. The Kier molecular flexibility index (Phi) is 3.56. The summed E-state index contributed by atoms with van der Waals surface area (Å²) < 4.78 is 43.1. The summed E-state index contributed by atoms with van der Waals surface area (Å²) in [5, 5.41) is 10.9. The van der Waals surface area contributed by atoms with E-state index in [1.165, 1.54) is 16.8 Å². The molecule has 0 aliphatic heterocycles. The largest absolute Gasteiger partial charge is 0.471 e. The number of nitrogens with one attached hydrogen (secondary N) is 1. The van der Waals surface area contributed by atoms with E-state index in [2.05, 4.69) is 29.8 Å². The lowest BCUT2D eigenvalue weighted by atomic mass is 10.2. The zero-order valence-corrected chi connectivity index (χ0v) is 12.9. The van der Waals surface area contributed by atoms with Gasteiger partial charge in [0.1, 0.15) is 0 Å². The van der Waals surface area contributed by atoms with Crippen molar-refractivity contribution in [2.24, 2.45) is 0 Å². The molecule has 0 unspecified atom stereocenters. The third-order valence-electron chi connectivity index (χ3n) is 3.66. The highest BCUT2D eigenvalue weighted by Gasteiger charge is 2.38. The van der Waals surface area contributed by atoms with Crippen LogP contribution in [-0.4, -0.2) is 29.9 Å². The molecule has 0 saturated carbocycles. The van der Waals surface area contributed by atoms with Crippen LogP contribution in [0, 0.1) is 0 Å². The minimum atomic E-state index is -4.74. The molecule has 0 aliphatic rings. The third-order valence-corrected chi connectivity index (χ3v) is 3.66. The molecule has 0 amide bonds. The van der Waals surface area contributed by atoms with Gasteiger partial charge in [-0.1, -0.05) is 5.16 Å². The molecule has 0 bridgehead atoms. The van der Waals surface area contributed by atoms with Crippen LogP contribution >= 0.6 is 0 Å². The summed E-state index contributed by atoms with van der Waals surface area (Å²) in [5.74, 6) is -1.77. The lowest BCUT2D eigenvalue weighted by Gasteiger charge is -2.04. The fourth-order valence-corrected chi connectivity index (χ4v) is 2.42. The number of aromatic amines is 1. The Morgan fingerprint density at radius 1 is 1.27 bits per heavy atom. The van der Waals surface area contributed by atoms with Crippen LogP contribution in [0.2, 0.25) is 0 Å². The Bertz CT molecular complexity index is 1140. The van der Waals surface area contributed by atoms with Gasteiger partial charge in [-0.2, -0.15) is 23.3 Å². The number of rotatable bonds is 3. The molecule has 0 fully saturated rings. The summed E-state index contributed by atoms with van der Waals surface area (Å²) >= 11 is 0. The summed E-state index contributed by atoms with van der Waals surface area (Å²) in [7, 11) is 0. The number of aromatic nitrogens is 6. The number of fused-ring (bicyclic) bond motifs is 1. The van der Waals surface area contributed by atoms with Crippen molar-refractivity contribution in [1.82, 2.24) is 29.9 Å². The first-order chi connectivity index (χ1) is 12.4. The van der Waals surface area contributed by atoms with Crippen molar-refractivity contribution in [1.29, 1.82) is 0 Å². The van der Waals surface area contributed by atoms with Crippen LogP contribution in [0.15, 0.2) is 46.0 Å². The smallest absolute Gasteiger partial charge is 0.329 e. The van der Waals surface area contributed by atoms with E-state index in [0.29, 0.717) is 11.3 Å². The van der Waals surface area contributed by atoms with Crippen LogP contribution in [0.25, 0.3) is 22.4 Å². The Morgan fingerprint density at radius 3 is 2.85 bits per heavy atom. The maximum atomic E-state index is 12.5. The molecule has 11 heteroatoms. The molecule has 1 N–H and O–H groups in total. The van der Waals surface area contributed by atoms with E-state index in [0.717, 1.165) is 11.5 Å². The average Bonchev–Trinajstić information content (AvgIpc) is 3.24. The quantitative estimate of drug-likeness (QED) is 0.600. The predicted octanol–water partition coefficient (Wildman–Crippen LogP) is 2.24. The Morgan fingerprint density at radius 2 is 2.12 bits per heavy atom. The molecular formula is C15H9F3N6O2. The van der Waals surface area contributed by atoms with E-state index >= 15 is 0 Å². The van der Waals surface area contributed by atoms with Crippen LogP contribution in [0.4, 0.5) is 13.2 Å². The molecule has 0 atom stereocenters. The van der Waals surface area contributed by atoms with Gasteiger partial charge in [0.2, 0.25) is 5.82 Å². The standard InChI is InChI=1S/C15H9F3N6O2/c16-15(17,18)14-20-12(23-26-14)8-3-5-24(11(25)6-8)7-10-9-2-1-4-19-13(9)22-21-10/h1-6H,7H2,(H,19,21,22). The first-order valence-corrected chi connectivity index (χ1v) is 7.31. The maximum Gasteiger partial charge on any atom is 0.471 e. The average molecular weight is 362 g/mol. The number of nitrogens with zero attached hydrogens (tertiary/aromatic N) is 5. The third kappa shape index (κ3) is 2.83. The molecule has 8 nitrogen and oxygen atoms in total. The molecule has 0 aromatic carbocycles. The van der Waals surface area contributed by atoms with E-state index in [-0.39, 0.29) is 17.9 Å². The van der Waals surface area contributed by atoms with Gasteiger partial charge in [-0.15, -0.1) is 0 Å². The summed E-state index contributed by atoms with van der Waals surface area (Å²) in [6.45, 7) is 0.171. The Hall–Kier alpha value is -3.50. The van der Waals surface area contributed by atoms with Crippen LogP contribution < -0.4 is 5.56 Å². The molecule has 0 spiro atoms. The number of halogens is 3. The summed E-state index contributed by atoms with van der Waals surface area (Å²) in [6.07, 6.45) is -1.70. The van der Waals surface area contributed by atoms with Crippen molar-refractivity contribution in [2.75, 3.05) is 0 Å². The molecule has 4 rings (SSSR count). The van der Waals surface area contributed by atoms with Crippen molar-refractivity contribution < 1.29 is 17.7 Å². The van der Waals surface area contributed by atoms with Gasteiger partial charge in [0.15, 0.2) is 5.65 Å². The monoisotopic (exact) mass is 362 g/mol. The fourth-order valence-electron chi connectivity index (χ4n) is 2.42. The Balaban J connectivity index is 1.64. The first-order valence-electron chi connectivity index (χ1n) is 7.31. The second-order valence-corrected chi connectivity index (χ2v) is 5.37.